The summed E-state index contributed by atoms with van der Waals surface area (Å²) in [5, 5.41) is 10.4. The highest BCUT2D eigenvalue weighted by Gasteiger charge is 2.32. The number of aliphatic hydroxyl groups excluding tert-OH is 1. The van der Waals surface area contributed by atoms with Crippen LogP contribution in [0, 0.1) is 0 Å². The van der Waals surface area contributed by atoms with Gasteiger partial charge in [0.25, 0.3) is 0 Å². The van der Waals surface area contributed by atoms with Crippen molar-refractivity contribution in [3.63, 3.8) is 0 Å². The lowest BCUT2D eigenvalue weighted by Gasteiger charge is -2.36. The molecule has 1 heterocycles. The van der Waals surface area contributed by atoms with Crippen LogP contribution in [0.5, 0.6) is 5.75 Å². The number of ether oxygens (including phenoxy) is 4. The first-order valence-electron chi connectivity index (χ1n) is 12.4. The Balaban J connectivity index is 1.27. The Hall–Kier alpha value is -2.61. The summed E-state index contributed by atoms with van der Waals surface area (Å²) in [6.07, 6.45) is 0.771. The van der Waals surface area contributed by atoms with Crippen molar-refractivity contribution in [3.8, 4) is 5.75 Å². The van der Waals surface area contributed by atoms with Gasteiger partial charge in [-0.2, -0.15) is 0 Å². The topological polar surface area (TPSA) is 77.5 Å². The Morgan fingerprint density at radius 1 is 1.00 bits per heavy atom. The predicted octanol–water partition coefficient (Wildman–Crippen LogP) is 4.60. The van der Waals surface area contributed by atoms with Gasteiger partial charge in [-0.3, -0.25) is 0 Å². The minimum atomic E-state index is -0.719. The summed E-state index contributed by atoms with van der Waals surface area (Å²) < 4.78 is 22.8. The number of likely N-dealkylation sites (tertiary alicyclic amines) is 1. The fraction of sp³-hybridized carbons (Fsp3) is 0.536. The van der Waals surface area contributed by atoms with E-state index < -0.39 is 17.8 Å². The summed E-state index contributed by atoms with van der Waals surface area (Å²) >= 11 is 0. The summed E-state index contributed by atoms with van der Waals surface area (Å²) in [5.74, 6) is 0.836. The van der Waals surface area contributed by atoms with Crippen LogP contribution in [0.4, 0.5) is 4.79 Å². The first-order valence-corrected chi connectivity index (χ1v) is 12.4. The fourth-order valence-electron chi connectivity index (χ4n) is 3.79. The number of amides is 1. The number of aliphatic hydroxyl groups is 1. The van der Waals surface area contributed by atoms with E-state index in [9.17, 15) is 9.90 Å². The van der Waals surface area contributed by atoms with E-state index in [2.05, 4.69) is 12.1 Å². The van der Waals surface area contributed by atoms with E-state index in [-0.39, 0.29) is 12.6 Å². The largest absolute Gasteiger partial charge is 0.494 e. The molecule has 0 unspecified atom stereocenters. The zero-order chi connectivity index (χ0) is 25.1. The molecule has 0 bridgehead atoms. The molecule has 192 valence electrons. The molecule has 1 N–H and O–H groups in total. The van der Waals surface area contributed by atoms with Crippen molar-refractivity contribution >= 4 is 6.09 Å². The molecule has 0 aliphatic carbocycles. The third-order valence-corrected chi connectivity index (χ3v) is 5.63. The molecule has 7 nitrogen and oxygen atoms in total. The number of carbonyl (C=O) groups excluding carboxylic acids is 1. The molecule has 1 fully saturated rings. The second kappa shape index (κ2) is 13.5. The van der Waals surface area contributed by atoms with Gasteiger partial charge in [0, 0.05) is 13.0 Å². The Bertz CT molecular complexity index is 881. The van der Waals surface area contributed by atoms with Crippen molar-refractivity contribution in [3.05, 3.63) is 65.7 Å². The van der Waals surface area contributed by atoms with Gasteiger partial charge < -0.3 is 29.0 Å². The van der Waals surface area contributed by atoms with Gasteiger partial charge in [-0.15, -0.1) is 0 Å². The van der Waals surface area contributed by atoms with Crippen LogP contribution in [0.3, 0.4) is 0 Å². The Kier molecular flexibility index (Phi) is 10.4. The standard InChI is InChI=1S/C28H39NO6/c1-28(2,3)35-27(31)29-16-14-26(25(30)20-29)34-19-15-22-10-12-24(13-11-22)33-18-7-17-32-21-23-8-5-4-6-9-23/h4-6,8-13,25-26,30H,7,14-21H2,1-3H3/t25-,26-/m1/s1. The molecule has 0 aromatic heterocycles. The van der Waals surface area contributed by atoms with Gasteiger partial charge in [-0.1, -0.05) is 42.5 Å². The van der Waals surface area contributed by atoms with Crippen molar-refractivity contribution in [2.24, 2.45) is 0 Å². The van der Waals surface area contributed by atoms with Gasteiger partial charge in [0.2, 0.25) is 0 Å². The Morgan fingerprint density at radius 3 is 2.43 bits per heavy atom. The highest BCUT2D eigenvalue weighted by Crippen LogP contribution is 2.19. The lowest BCUT2D eigenvalue weighted by molar-refractivity contribution is -0.0793. The van der Waals surface area contributed by atoms with E-state index in [1.54, 1.807) is 4.90 Å². The van der Waals surface area contributed by atoms with E-state index in [0.717, 1.165) is 24.2 Å². The maximum atomic E-state index is 12.2. The first-order chi connectivity index (χ1) is 16.8. The van der Waals surface area contributed by atoms with Crippen LogP contribution in [-0.4, -0.2) is 66.8 Å². The second-order valence-corrected chi connectivity index (χ2v) is 9.83. The van der Waals surface area contributed by atoms with Crippen LogP contribution in [0.25, 0.3) is 0 Å². The lowest BCUT2D eigenvalue weighted by atomic mass is 10.1. The number of rotatable bonds is 11. The molecule has 7 heteroatoms. The molecule has 0 saturated carbocycles. The molecule has 2 aromatic carbocycles. The summed E-state index contributed by atoms with van der Waals surface area (Å²) in [6, 6.07) is 18.1. The Labute approximate surface area is 208 Å². The molecular formula is C28H39NO6. The number of β-amino-alcohol motifs (C(OH)–C–C–N with tert-alkyl or cyclic N) is 1. The monoisotopic (exact) mass is 485 g/mol. The van der Waals surface area contributed by atoms with E-state index in [1.165, 1.54) is 5.56 Å². The molecular weight excluding hydrogens is 446 g/mol. The van der Waals surface area contributed by atoms with Gasteiger partial charge in [-0.25, -0.2) is 4.79 Å². The number of carbonyl (C=O) groups is 1. The lowest BCUT2D eigenvalue weighted by Crippen LogP contribution is -2.51. The van der Waals surface area contributed by atoms with Crippen molar-refractivity contribution < 1.29 is 28.8 Å². The van der Waals surface area contributed by atoms with Crippen molar-refractivity contribution in [1.82, 2.24) is 4.90 Å². The zero-order valence-corrected chi connectivity index (χ0v) is 21.2. The molecule has 0 radical (unpaired) electrons. The summed E-state index contributed by atoms with van der Waals surface area (Å²) in [7, 11) is 0. The van der Waals surface area contributed by atoms with Crippen LogP contribution >= 0.6 is 0 Å². The number of piperidine rings is 1. The van der Waals surface area contributed by atoms with Gasteiger partial charge >= 0.3 is 6.09 Å². The quantitative estimate of drug-likeness (QED) is 0.469. The van der Waals surface area contributed by atoms with Crippen LogP contribution < -0.4 is 4.74 Å². The molecule has 3 rings (SSSR count). The van der Waals surface area contributed by atoms with Gasteiger partial charge in [0.1, 0.15) is 11.4 Å². The molecule has 2 atom stereocenters. The SMILES string of the molecule is CC(C)(C)OC(=O)N1CC[C@@H](OCCc2ccc(OCCCOCc3ccccc3)cc2)[C@H](O)C1. The molecule has 1 saturated heterocycles. The smallest absolute Gasteiger partial charge is 0.410 e. The minimum absolute atomic E-state index is 0.225. The number of hydrogen-bond acceptors (Lipinski definition) is 6. The zero-order valence-electron chi connectivity index (χ0n) is 21.2. The molecule has 1 amide bonds. The number of nitrogens with zero attached hydrogens (tertiary/aromatic N) is 1. The van der Waals surface area contributed by atoms with Gasteiger partial charge in [-0.05, 0) is 56.9 Å². The third kappa shape index (κ3) is 9.88. The van der Waals surface area contributed by atoms with Crippen molar-refractivity contribution in [1.29, 1.82) is 0 Å². The molecule has 1 aliphatic heterocycles. The van der Waals surface area contributed by atoms with Gasteiger partial charge in [0.05, 0.1) is 45.2 Å². The van der Waals surface area contributed by atoms with E-state index in [4.69, 9.17) is 18.9 Å². The van der Waals surface area contributed by atoms with E-state index in [0.29, 0.717) is 39.4 Å². The van der Waals surface area contributed by atoms with Gasteiger partial charge in [0.15, 0.2) is 0 Å². The summed E-state index contributed by atoms with van der Waals surface area (Å²) in [6.45, 7) is 8.63. The average molecular weight is 486 g/mol. The number of hydrogen-bond donors (Lipinski definition) is 1. The third-order valence-electron chi connectivity index (χ3n) is 5.63. The fourth-order valence-corrected chi connectivity index (χ4v) is 3.79. The maximum Gasteiger partial charge on any atom is 0.410 e. The van der Waals surface area contributed by atoms with Crippen LogP contribution in [0.15, 0.2) is 54.6 Å². The number of benzene rings is 2. The van der Waals surface area contributed by atoms with Crippen molar-refractivity contribution in [2.45, 2.75) is 64.4 Å². The van der Waals surface area contributed by atoms with E-state index >= 15 is 0 Å². The van der Waals surface area contributed by atoms with Crippen LogP contribution in [0.1, 0.15) is 44.7 Å². The highest BCUT2D eigenvalue weighted by molar-refractivity contribution is 5.68. The van der Waals surface area contributed by atoms with E-state index in [1.807, 2.05) is 63.2 Å². The Morgan fingerprint density at radius 2 is 1.74 bits per heavy atom. The van der Waals surface area contributed by atoms with Crippen molar-refractivity contribution in [2.75, 3.05) is 32.9 Å². The maximum absolute atomic E-state index is 12.2. The molecule has 35 heavy (non-hydrogen) atoms. The molecule has 1 aliphatic rings. The first kappa shape index (κ1) is 27.0. The van der Waals surface area contributed by atoms with Crippen LogP contribution in [-0.2, 0) is 27.2 Å². The molecule has 0 spiro atoms. The summed E-state index contributed by atoms with van der Waals surface area (Å²) in [4.78, 5) is 13.7. The highest BCUT2D eigenvalue weighted by atomic mass is 16.6. The average Bonchev–Trinajstić information content (AvgIpc) is 2.83. The van der Waals surface area contributed by atoms with Crippen LogP contribution in [0.2, 0.25) is 0 Å². The second-order valence-electron chi connectivity index (χ2n) is 9.83. The summed E-state index contributed by atoms with van der Waals surface area (Å²) in [5.41, 5.74) is 1.77. The predicted molar refractivity (Wildman–Crippen MR) is 135 cm³/mol. The minimum Gasteiger partial charge on any atom is -0.494 e. The molecule has 2 aromatic rings. The normalized spacial score (nSPS) is 18.3.